The van der Waals surface area contributed by atoms with E-state index in [1.807, 2.05) is 0 Å². The summed E-state index contributed by atoms with van der Waals surface area (Å²) >= 11 is 6.46. The molecule has 0 unspecified atom stereocenters. The van der Waals surface area contributed by atoms with Crippen LogP contribution in [0.3, 0.4) is 0 Å². The number of hydrogen-bond acceptors (Lipinski definition) is 6. The topological polar surface area (TPSA) is 105 Å². The summed E-state index contributed by atoms with van der Waals surface area (Å²) in [5, 5.41) is 3.53. The van der Waals surface area contributed by atoms with Crippen LogP contribution < -0.4 is 19.1 Å². The number of benzene rings is 3. The highest BCUT2D eigenvalue weighted by Crippen LogP contribution is 2.33. The quantitative estimate of drug-likeness (QED) is 0.288. The lowest BCUT2D eigenvalue weighted by molar-refractivity contribution is -0.139. The first kappa shape index (κ1) is 32.2. The molecule has 11 heteroatoms. The number of ether oxygens (including phenoxy) is 2. The lowest BCUT2D eigenvalue weighted by Crippen LogP contribution is -2.53. The zero-order valence-electron chi connectivity index (χ0n) is 24.7. The highest BCUT2D eigenvalue weighted by atomic mass is 35.5. The Morgan fingerprint density at radius 3 is 2.23 bits per heavy atom. The van der Waals surface area contributed by atoms with E-state index < -0.39 is 28.5 Å². The molecule has 1 saturated carbocycles. The summed E-state index contributed by atoms with van der Waals surface area (Å²) in [5.74, 6) is -0.112. The van der Waals surface area contributed by atoms with Crippen molar-refractivity contribution in [1.29, 1.82) is 0 Å². The molecule has 0 radical (unpaired) electrons. The van der Waals surface area contributed by atoms with Crippen LogP contribution in [0.25, 0.3) is 0 Å². The van der Waals surface area contributed by atoms with Crippen molar-refractivity contribution >= 4 is 39.1 Å². The second-order valence-electron chi connectivity index (χ2n) is 10.5. The third-order valence-electron chi connectivity index (χ3n) is 7.70. The number of nitrogens with one attached hydrogen (secondary N) is 1. The largest absolute Gasteiger partial charge is 0.497 e. The van der Waals surface area contributed by atoms with Gasteiger partial charge in [-0.15, -0.1) is 0 Å². The summed E-state index contributed by atoms with van der Waals surface area (Å²) in [6.45, 7) is 1.08. The number of methoxy groups -OCH3 is 2. The Balaban J connectivity index is 1.71. The molecule has 0 heterocycles. The predicted octanol–water partition coefficient (Wildman–Crippen LogP) is 5.42. The number of nitrogens with zero attached hydrogens (tertiary/aromatic N) is 2. The second kappa shape index (κ2) is 14.6. The normalized spacial score (nSPS) is 14.4. The number of amides is 2. The fraction of sp³-hybridized carbons (Fsp3) is 0.375. The Morgan fingerprint density at radius 2 is 1.58 bits per heavy atom. The molecule has 0 spiro atoms. The summed E-state index contributed by atoms with van der Waals surface area (Å²) in [6, 6.07) is 18.7. The molecule has 0 saturated heterocycles. The van der Waals surface area contributed by atoms with Gasteiger partial charge < -0.3 is 19.7 Å². The molecular formula is C32H38ClN3O6S. The zero-order chi connectivity index (χ0) is 31.0. The van der Waals surface area contributed by atoms with Gasteiger partial charge in [-0.25, -0.2) is 8.42 Å². The van der Waals surface area contributed by atoms with Crippen molar-refractivity contribution in [2.24, 2.45) is 0 Å². The summed E-state index contributed by atoms with van der Waals surface area (Å²) < 4.78 is 39.9. The maximum atomic E-state index is 14.2. The van der Waals surface area contributed by atoms with Crippen molar-refractivity contribution in [3.05, 3.63) is 83.4 Å². The average molecular weight is 628 g/mol. The van der Waals surface area contributed by atoms with E-state index in [0.29, 0.717) is 16.3 Å². The van der Waals surface area contributed by atoms with Crippen LogP contribution in [0.4, 0.5) is 5.69 Å². The van der Waals surface area contributed by atoms with E-state index in [-0.39, 0.29) is 34.8 Å². The molecule has 0 aromatic heterocycles. The van der Waals surface area contributed by atoms with Crippen LogP contribution >= 0.6 is 11.6 Å². The highest BCUT2D eigenvalue weighted by molar-refractivity contribution is 7.92. The first-order valence-corrected chi connectivity index (χ1v) is 16.1. The van der Waals surface area contributed by atoms with Gasteiger partial charge in [-0.05, 0) is 67.8 Å². The molecule has 1 N–H and O–H groups in total. The second-order valence-corrected chi connectivity index (χ2v) is 12.8. The Labute approximate surface area is 258 Å². The minimum atomic E-state index is -4.27. The fourth-order valence-corrected chi connectivity index (χ4v) is 6.81. The Kier molecular flexibility index (Phi) is 10.9. The zero-order valence-corrected chi connectivity index (χ0v) is 26.2. The molecule has 43 heavy (non-hydrogen) atoms. The van der Waals surface area contributed by atoms with Crippen LogP contribution in [0.2, 0.25) is 5.02 Å². The monoisotopic (exact) mass is 627 g/mol. The standard InChI is InChI=1S/C32H38ClN3O6S/c1-23(32(38)34-25-12-5-4-6-13-25)35(21-24-11-7-8-14-28(24)33)31(37)22-36(29-15-9-10-16-30(29)42-3)43(39,40)27-19-17-26(41-2)18-20-27/h7-11,14-20,23,25H,4-6,12-13,21-22H2,1-3H3,(H,34,38)/t23-/m1/s1. The minimum absolute atomic E-state index is 0.0140. The molecule has 0 bridgehead atoms. The summed E-state index contributed by atoms with van der Waals surface area (Å²) in [6.07, 6.45) is 5.00. The van der Waals surface area contributed by atoms with Crippen molar-refractivity contribution < 1.29 is 27.5 Å². The lowest BCUT2D eigenvalue weighted by Gasteiger charge is -2.33. The van der Waals surface area contributed by atoms with Gasteiger partial charge in [0, 0.05) is 17.6 Å². The van der Waals surface area contributed by atoms with E-state index in [1.54, 1.807) is 55.5 Å². The van der Waals surface area contributed by atoms with Gasteiger partial charge >= 0.3 is 0 Å². The van der Waals surface area contributed by atoms with Crippen molar-refractivity contribution in [3.63, 3.8) is 0 Å². The maximum Gasteiger partial charge on any atom is 0.264 e. The van der Waals surface area contributed by atoms with E-state index in [1.165, 1.54) is 43.4 Å². The number of carbonyl (C=O) groups is 2. The van der Waals surface area contributed by atoms with Crippen LogP contribution in [0.15, 0.2) is 77.7 Å². The molecule has 1 aliphatic carbocycles. The molecule has 230 valence electrons. The molecule has 9 nitrogen and oxygen atoms in total. The Morgan fingerprint density at radius 1 is 0.930 bits per heavy atom. The number of rotatable bonds is 12. The van der Waals surface area contributed by atoms with Gasteiger partial charge in [0.15, 0.2) is 0 Å². The summed E-state index contributed by atoms with van der Waals surface area (Å²) in [4.78, 5) is 29.0. The van der Waals surface area contributed by atoms with Gasteiger partial charge in [0.1, 0.15) is 24.1 Å². The number of hydrogen-bond donors (Lipinski definition) is 1. The predicted molar refractivity (Wildman–Crippen MR) is 167 cm³/mol. The van der Waals surface area contributed by atoms with Crippen LogP contribution in [-0.4, -0.2) is 58.0 Å². The van der Waals surface area contributed by atoms with Crippen LogP contribution in [-0.2, 0) is 26.2 Å². The van der Waals surface area contributed by atoms with E-state index in [2.05, 4.69) is 5.32 Å². The van der Waals surface area contributed by atoms with Gasteiger partial charge in [-0.1, -0.05) is 61.2 Å². The summed E-state index contributed by atoms with van der Waals surface area (Å²) in [5.41, 5.74) is 0.822. The highest BCUT2D eigenvalue weighted by Gasteiger charge is 2.34. The van der Waals surface area contributed by atoms with Gasteiger partial charge in [0.2, 0.25) is 11.8 Å². The lowest BCUT2D eigenvalue weighted by atomic mass is 9.95. The SMILES string of the molecule is COc1ccc(S(=O)(=O)N(CC(=O)N(Cc2ccccc2Cl)[C@H](C)C(=O)NC2CCCCC2)c2ccccc2OC)cc1. The molecule has 0 aliphatic heterocycles. The van der Waals surface area contributed by atoms with Crippen molar-refractivity contribution in [1.82, 2.24) is 10.2 Å². The first-order chi connectivity index (χ1) is 20.6. The Hall–Kier alpha value is -3.76. The van der Waals surface area contributed by atoms with Gasteiger partial charge in [-0.3, -0.25) is 13.9 Å². The molecular weight excluding hydrogens is 590 g/mol. The number of sulfonamides is 1. The van der Waals surface area contributed by atoms with E-state index in [9.17, 15) is 18.0 Å². The Bertz CT molecular complexity index is 1510. The molecule has 3 aromatic rings. The van der Waals surface area contributed by atoms with Crippen molar-refractivity contribution in [2.45, 2.75) is 62.6 Å². The van der Waals surface area contributed by atoms with Crippen LogP contribution in [0.1, 0.15) is 44.6 Å². The van der Waals surface area contributed by atoms with E-state index in [0.717, 1.165) is 36.4 Å². The average Bonchev–Trinajstić information content (AvgIpc) is 3.03. The van der Waals surface area contributed by atoms with E-state index >= 15 is 0 Å². The van der Waals surface area contributed by atoms with Crippen LogP contribution in [0, 0.1) is 0 Å². The number of carbonyl (C=O) groups excluding carboxylic acids is 2. The fourth-order valence-electron chi connectivity index (χ4n) is 5.19. The minimum Gasteiger partial charge on any atom is -0.497 e. The molecule has 1 fully saturated rings. The smallest absolute Gasteiger partial charge is 0.264 e. The maximum absolute atomic E-state index is 14.2. The summed E-state index contributed by atoms with van der Waals surface area (Å²) in [7, 11) is -1.35. The third kappa shape index (κ3) is 7.80. The number of para-hydroxylation sites is 2. The van der Waals surface area contributed by atoms with Gasteiger partial charge in [-0.2, -0.15) is 0 Å². The van der Waals surface area contributed by atoms with Gasteiger partial charge in [0.05, 0.1) is 24.8 Å². The molecule has 2 amide bonds. The number of anilines is 1. The third-order valence-corrected chi connectivity index (χ3v) is 9.84. The number of halogens is 1. The molecule has 4 rings (SSSR count). The van der Waals surface area contributed by atoms with Crippen LogP contribution in [0.5, 0.6) is 11.5 Å². The molecule has 1 aliphatic rings. The first-order valence-electron chi connectivity index (χ1n) is 14.3. The van der Waals surface area contributed by atoms with Crippen molar-refractivity contribution in [2.75, 3.05) is 25.1 Å². The molecule has 1 atom stereocenters. The van der Waals surface area contributed by atoms with Gasteiger partial charge in [0.25, 0.3) is 10.0 Å². The van der Waals surface area contributed by atoms with Crippen molar-refractivity contribution in [3.8, 4) is 11.5 Å². The molecule has 3 aromatic carbocycles. The van der Waals surface area contributed by atoms with E-state index in [4.69, 9.17) is 21.1 Å².